The lowest BCUT2D eigenvalue weighted by Gasteiger charge is -2.25. The third-order valence-corrected chi connectivity index (χ3v) is 5.18. The maximum Gasteiger partial charge on any atom is 0.461 e. The van der Waals surface area contributed by atoms with Crippen LogP contribution in [0.2, 0.25) is 0 Å². The van der Waals surface area contributed by atoms with E-state index in [9.17, 15) is 32.3 Å². The largest absolute Gasteiger partial charge is 0.529 e. The molecule has 2 unspecified atom stereocenters. The highest BCUT2D eigenvalue weighted by Crippen LogP contribution is 2.35. The van der Waals surface area contributed by atoms with Gasteiger partial charge in [0.05, 0.1) is 17.9 Å². The van der Waals surface area contributed by atoms with Crippen LogP contribution in [0.15, 0.2) is 72.9 Å². The number of carboxylic acid groups (broad SMARTS) is 1. The number of hydrogen-bond donors (Lipinski definition) is 0. The number of amides is 2. The van der Waals surface area contributed by atoms with Crippen molar-refractivity contribution in [2.24, 2.45) is 0 Å². The zero-order valence-electron chi connectivity index (χ0n) is 18.2. The molecule has 1 fully saturated rings. The van der Waals surface area contributed by atoms with Crippen LogP contribution in [0.4, 0.5) is 27.2 Å². The van der Waals surface area contributed by atoms with Crippen molar-refractivity contribution in [1.82, 2.24) is 9.88 Å². The number of halogens is 4. The van der Waals surface area contributed by atoms with Gasteiger partial charge in [0.1, 0.15) is 23.3 Å². The molecule has 2 aromatic carbocycles. The maximum atomic E-state index is 13.3. The molecule has 8 nitrogen and oxygen atoms in total. The summed E-state index contributed by atoms with van der Waals surface area (Å²) in [7, 11) is 0. The van der Waals surface area contributed by atoms with Gasteiger partial charge in [0.2, 0.25) is 0 Å². The third-order valence-electron chi connectivity index (χ3n) is 5.18. The van der Waals surface area contributed by atoms with Gasteiger partial charge in [-0.25, -0.2) is 4.79 Å². The van der Waals surface area contributed by atoms with E-state index in [1.54, 1.807) is 30.3 Å². The van der Waals surface area contributed by atoms with Crippen LogP contribution in [0, 0.1) is 0 Å². The van der Waals surface area contributed by atoms with Crippen molar-refractivity contribution in [3.63, 3.8) is 0 Å². The summed E-state index contributed by atoms with van der Waals surface area (Å²) in [5.41, 5.74) is 0.398. The van der Waals surface area contributed by atoms with Crippen LogP contribution in [0.3, 0.4) is 0 Å². The van der Waals surface area contributed by atoms with Crippen LogP contribution in [-0.2, 0) is 11.2 Å². The first kappa shape index (κ1) is 24.8. The van der Waals surface area contributed by atoms with E-state index in [0.29, 0.717) is 16.4 Å². The van der Waals surface area contributed by atoms with Crippen molar-refractivity contribution in [2.45, 2.75) is 31.1 Å². The number of imide groups is 1. The first-order chi connectivity index (χ1) is 17.1. The molecule has 2 amide bonds. The van der Waals surface area contributed by atoms with E-state index in [4.69, 9.17) is 9.47 Å². The Morgan fingerprint density at radius 3 is 2.42 bits per heavy atom. The second-order valence-corrected chi connectivity index (χ2v) is 7.66. The Morgan fingerprint density at radius 2 is 1.78 bits per heavy atom. The number of carbonyl (C=O) groups is 2. The monoisotopic (exact) mass is 505 g/mol. The number of para-hydroxylation sites is 1. The van der Waals surface area contributed by atoms with Crippen molar-refractivity contribution >= 4 is 12.2 Å². The number of rotatable bonds is 8. The summed E-state index contributed by atoms with van der Waals surface area (Å²) >= 11 is 0. The molecule has 3 aromatic rings. The number of cyclic esters (lactones) is 1. The normalized spacial score (nSPS) is 17.7. The van der Waals surface area contributed by atoms with Gasteiger partial charge in [0.25, 0.3) is 0 Å². The van der Waals surface area contributed by atoms with Gasteiger partial charge >= 0.3 is 18.6 Å². The van der Waals surface area contributed by atoms with E-state index in [-0.39, 0.29) is 17.7 Å². The van der Waals surface area contributed by atoms with E-state index in [0.717, 1.165) is 12.1 Å². The van der Waals surface area contributed by atoms with Gasteiger partial charge < -0.3 is 24.1 Å². The number of carbonyl (C=O) groups excluding carboxylic acids is 2. The molecule has 1 aliphatic heterocycles. The molecule has 188 valence electrons. The molecule has 0 N–H and O–H groups in total. The number of pyridine rings is 1. The van der Waals surface area contributed by atoms with Crippen LogP contribution in [0.5, 0.6) is 17.2 Å². The average molecular weight is 505 g/mol. The van der Waals surface area contributed by atoms with Gasteiger partial charge in [-0.05, 0) is 48.4 Å². The van der Waals surface area contributed by atoms with Crippen molar-refractivity contribution < 1.29 is 46.5 Å². The molecule has 1 aliphatic rings. The van der Waals surface area contributed by atoms with Crippen molar-refractivity contribution in [2.75, 3.05) is 0 Å². The number of alkyl halides is 4. The first-order valence-electron chi connectivity index (χ1n) is 10.5. The Morgan fingerprint density at radius 1 is 1.06 bits per heavy atom. The Labute approximate surface area is 201 Å². The lowest BCUT2D eigenvalue weighted by atomic mass is 9.98. The maximum absolute atomic E-state index is 13.3. The molecule has 1 aromatic heterocycles. The Bertz CT molecular complexity index is 1230. The number of benzene rings is 2. The van der Waals surface area contributed by atoms with E-state index >= 15 is 0 Å². The lowest BCUT2D eigenvalue weighted by molar-refractivity contribution is -0.262. The Hall–Kier alpha value is -4.35. The molecular formula is C24H17F4N2O6-. The van der Waals surface area contributed by atoms with Gasteiger partial charge in [-0.2, -0.15) is 17.6 Å². The summed E-state index contributed by atoms with van der Waals surface area (Å²) in [5, 5.41) is 11.6. The van der Waals surface area contributed by atoms with Crippen molar-refractivity contribution in [3.05, 3.63) is 84.2 Å². The van der Waals surface area contributed by atoms with Crippen molar-refractivity contribution in [3.8, 4) is 17.2 Å². The number of nitrogens with zero attached hydrogens (tertiary/aromatic N) is 2. The molecule has 4 rings (SSSR count). The number of hydrogen-bond acceptors (Lipinski definition) is 7. The number of ether oxygens (including phenoxy) is 3. The van der Waals surface area contributed by atoms with Gasteiger partial charge in [0, 0.05) is 0 Å². The molecule has 12 heteroatoms. The van der Waals surface area contributed by atoms with Crippen LogP contribution in [-0.4, -0.2) is 40.6 Å². The van der Waals surface area contributed by atoms with Gasteiger partial charge in [-0.3, -0.25) is 9.88 Å². The minimum Gasteiger partial charge on any atom is -0.529 e. The fourth-order valence-corrected chi connectivity index (χ4v) is 3.60. The molecule has 2 heterocycles. The minimum absolute atomic E-state index is 0.189. The molecule has 1 saturated heterocycles. The molecule has 0 saturated carbocycles. The molecule has 0 spiro atoms. The molecule has 0 radical (unpaired) electrons. The quantitative estimate of drug-likeness (QED) is 0.414. The standard InChI is InChI=1S/C24H18F4N2O6/c25-21(26)24(27,28)36-16-8-4-5-14(11-16)12-19-20(35-23(33)30(19)22(31)32)18-10-9-17(13-29-18)34-15-6-2-1-3-7-15/h1-11,13,19-21H,12H2,(H,31,32)/p-1. The fraction of sp³-hybridized carbons (Fsp3) is 0.208. The summed E-state index contributed by atoms with van der Waals surface area (Å²) in [6.45, 7) is 0. The number of aromatic nitrogens is 1. The summed E-state index contributed by atoms with van der Waals surface area (Å²) in [4.78, 5) is 28.5. The van der Waals surface area contributed by atoms with Crippen LogP contribution in [0.25, 0.3) is 0 Å². The van der Waals surface area contributed by atoms with Crippen LogP contribution < -0.4 is 14.6 Å². The predicted octanol–water partition coefficient (Wildman–Crippen LogP) is 4.56. The second kappa shape index (κ2) is 10.1. The van der Waals surface area contributed by atoms with E-state index in [1.165, 1.54) is 24.4 Å². The smallest absolute Gasteiger partial charge is 0.461 e. The third kappa shape index (κ3) is 5.48. The molecule has 2 atom stereocenters. The average Bonchev–Trinajstić information content (AvgIpc) is 3.16. The SMILES string of the molecule is O=C([O-])N1C(=O)OC(c2ccc(Oc3ccccc3)cn2)C1Cc1cccc(OC(F)(F)C(F)F)c1. The second-order valence-electron chi connectivity index (χ2n) is 7.66. The Kier molecular flexibility index (Phi) is 6.95. The highest BCUT2D eigenvalue weighted by atomic mass is 19.3. The lowest BCUT2D eigenvalue weighted by Crippen LogP contribution is -2.47. The summed E-state index contributed by atoms with van der Waals surface area (Å²) < 4.78 is 66.5. The van der Waals surface area contributed by atoms with Crippen LogP contribution in [0.1, 0.15) is 17.4 Å². The minimum atomic E-state index is -4.72. The van der Waals surface area contributed by atoms with Gasteiger partial charge in [0.15, 0.2) is 6.10 Å². The first-order valence-corrected chi connectivity index (χ1v) is 10.5. The predicted molar refractivity (Wildman–Crippen MR) is 113 cm³/mol. The zero-order chi connectivity index (χ0) is 25.9. The summed E-state index contributed by atoms with van der Waals surface area (Å²) in [5.74, 6) is 0.354. The zero-order valence-corrected chi connectivity index (χ0v) is 18.2. The van der Waals surface area contributed by atoms with E-state index in [1.807, 2.05) is 6.07 Å². The van der Waals surface area contributed by atoms with E-state index < -0.39 is 42.6 Å². The highest BCUT2D eigenvalue weighted by Gasteiger charge is 2.45. The van der Waals surface area contributed by atoms with Crippen molar-refractivity contribution in [1.29, 1.82) is 0 Å². The molecule has 36 heavy (non-hydrogen) atoms. The van der Waals surface area contributed by atoms with Gasteiger partial charge in [-0.1, -0.05) is 30.3 Å². The summed E-state index contributed by atoms with van der Waals surface area (Å²) in [6, 6.07) is 15.4. The molecule has 0 aliphatic carbocycles. The summed E-state index contributed by atoms with van der Waals surface area (Å²) in [6.07, 6.45) is -11.9. The van der Waals surface area contributed by atoms with E-state index in [2.05, 4.69) is 9.72 Å². The Balaban J connectivity index is 1.56. The highest BCUT2D eigenvalue weighted by molar-refractivity contribution is 5.88. The topological polar surface area (TPSA) is 101 Å². The van der Waals surface area contributed by atoms with Gasteiger partial charge in [-0.15, -0.1) is 0 Å². The van der Waals surface area contributed by atoms with Crippen LogP contribution >= 0.6 is 0 Å². The molecular weight excluding hydrogens is 488 g/mol. The fourth-order valence-electron chi connectivity index (χ4n) is 3.60. The molecule has 0 bridgehead atoms.